The maximum atomic E-state index is 14.4. The van der Waals surface area contributed by atoms with E-state index in [1.807, 2.05) is 19.2 Å². The first kappa shape index (κ1) is 15.3. The first-order chi connectivity index (χ1) is 9.15. The predicted molar refractivity (Wildman–Crippen MR) is 82.1 cm³/mol. The summed E-state index contributed by atoms with van der Waals surface area (Å²) in [7, 11) is 1.91. The van der Waals surface area contributed by atoms with Crippen LogP contribution in [0.4, 0.5) is 4.39 Å². The van der Waals surface area contributed by atoms with Crippen LogP contribution in [0.15, 0.2) is 16.6 Å². The van der Waals surface area contributed by atoms with Crippen molar-refractivity contribution in [2.75, 3.05) is 7.05 Å². The highest BCUT2D eigenvalue weighted by Gasteiger charge is 2.26. The number of rotatable bonds is 3. The van der Waals surface area contributed by atoms with Gasteiger partial charge < -0.3 is 5.32 Å². The molecule has 1 aliphatic carbocycles. The zero-order chi connectivity index (χ0) is 13.8. The Hall–Kier alpha value is -0.120. The van der Waals surface area contributed by atoms with Crippen LogP contribution in [0.3, 0.4) is 0 Å². The lowest BCUT2D eigenvalue weighted by Crippen LogP contribution is -2.26. The third-order valence-corrected chi connectivity index (χ3v) is 5.34. The maximum Gasteiger partial charge on any atom is 0.147 e. The van der Waals surface area contributed by atoms with Gasteiger partial charge in [0, 0.05) is 16.1 Å². The number of hydrogen-bond donors (Lipinski definition) is 1. The van der Waals surface area contributed by atoms with Crippen LogP contribution in [0.2, 0.25) is 5.02 Å². The van der Waals surface area contributed by atoms with Gasteiger partial charge in [0.05, 0.1) is 5.02 Å². The smallest absolute Gasteiger partial charge is 0.147 e. The van der Waals surface area contributed by atoms with E-state index in [1.54, 1.807) is 0 Å². The van der Waals surface area contributed by atoms with Crippen LogP contribution in [0.5, 0.6) is 0 Å². The van der Waals surface area contributed by atoms with E-state index in [4.69, 9.17) is 11.6 Å². The lowest BCUT2D eigenvalue weighted by Gasteiger charge is -2.27. The molecule has 4 heteroatoms. The molecule has 1 saturated carbocycles. The van der Waals surface area contributed by atoms with Gasteiger partial charge in [-0.25, -0.2) is 4.39 Å². The summed E-state index contributed by atoms with van der Waals surface area (Å²) >= 11 is 9.27. The second-order valence-electron chi connectivity index (χ2n) is 5.28. The van der Waals surface area contributed by atoms with Gasteiger partial charge in [-0.2, -0.15) is 0 Å². The van der Waals surface area contributed by atoms with Crippen LogP contribution in [0.1, 0.15) is 50.1 Å². The van der Waals surface area contributed by atoms with Crippen molar-refractivity contribution >= 4 is 27.5 Å². The zero-order valence-corrected chi connectivity index (χ0v) is 13.5. The summed E-state index contributed by atoms with van der Waals surface area (Å²) in [6.07, 6.45) is 7.42. The van der Waals surface area contributed by atoms with Crippen molar-refractivity contribution < 1.29 is 4.39 Å². The molecule has 0 amide bonds. The molecule has 19 heavy (non-hydrogen) atoms. The Morgan fingerprint density at radius 2 is 1.89 bits per heavy atom. The van der Waals surface area contributed by atoms with Gasteiger partial charge in [-0.1, -0.05) is 43.4 Å². The molecular weight excluding hydrogens is 329 g/mol. The van der Waals surface area contributed by atoms with Crippen LogP contribution < -0.4 is 5.32 Å². The molecule has 0 heterocycles. The molecule has 1 aromatic rings. The van der Waals surface area contributed by atoms with Crippen molar-refractivity contribution in [1.82, 2.24) is 5.32 Å². The Morgan fingerprint density at radius 1 is 1.26 bits per heavy atom. The first-order valence-electron chi connectivity index (χ1n) is 6.95. The summed E-state index contributed by atoms with van der Waals surface area (Å²) in [5.41, 5.74) is 0.697. The molecule has 106 valence electrons. The van der Waals surface area contributed by atoms with Gasteiger partial charge in [0.1, 0.15) is 5.82 Å². The van der Waals surface area contributed by atoms with Crippen molar-refractivity contribution in [1.29, 1.82) is 0 Å². The highest BCUT2D eigenvalue weighted by atomic mass is 79.9. The van der Waals surface area contributed by atoms with Crippen LogP contribution in [0.25, 0.3) is 0 Å². The average Bonchev–Trinajstić information content (AvgIpc) is 2.69. The molecule has 1 N–H and O–H groups in total. The van der Waals surface area contributed by atoms with Gasteiger partial charge in [0.2, 0.25) is 0 Å². The van der Waals surface area contributed by atoms with Crippen molar-refractivity contribution in [2.24, 2.45) is 5.92 Å². The molecular formula is C15H20BrClFN. The van der Waals surface area contributed by atoms with Crippen LogP contribution in [-0.4, -0.2) is 7.05 Å². The molecule has 1 fully saturated rings. The van der Waals surface area contributed by atoms with Gasteiger partial charge in [0.25, 0.3) is 0 Å². The summed E-state index contributed by atoms with van der Waals surface area (Å²) in [4.78, 5) is 0. The van der Waals surface area contributed by atoms with Crippen LogP contribution >= 0.6 is 27.5 Å². The molecule has 1 nitrogen and oxygen atoms in total. The number of benzene rings is 1. The largest absolute Gasteiger partial charge is 0.313 e. The standard InChI is InChI=1S/C15H20BrClFN/c1-19-15(10-6-4-2-3-5-7-10)11-8-9-12(16)13(17)14(11)18/h8-10,15,19H,2-7H2,1H3. The van der Waals surface area contributed by atoms with Gasteiger partial charge in [-0.05, 0) is 47.8 Å². The van der Waals surface area contributed by atoms with E-state index >= 15 is 0 Å². The number of nitrogens with one attached hydrogen (secondary N) is 1. The van der Waals surface area contributed by atoms with Crippen LogP contribution in [0, 0.1) is 11.7 Å². The SMILES string of the molecule is CNC(c1ccc(Br)c(Cl)c1F)C1CCCCCC1. The highest BCUT2D eigenvalue weighted by molar-refractivity contribution is 9.10. The third-order valence-electron chi connectivity index (χ3n) is 4.08. The fraction of sp³-hybridized carbons (Fsp3) is 0.600. The lowest BCUT2D eigenvalue weighted by atomic mass is 9.87. The van der Waals surface area contributed by atoms with Crippen molar-refractivity contribution in [2.45, 2.75) is 44.6 Å². The van der Waals surface area contributed by atoms with Gasteiger partial charge >= 0.3 is 0 Å². The summed E-state index contributed by atoms with van der Waals surface area (Å²) in [5.74, 6) is 0.207. The maximum absolute atomic E-state index is 14.4. The van der Waals surface area contributed by atoms with Gasteiger partial charge in [-0.15, -0.1) is 0 Å². The van der Waals surface area contributed by atoms with Gasteiger partial charge in [-0.3, -0.25) is 0 Å². The highest BCUT2D eigenvalue weighted by Crippen LogP contribution is 2.37. The minimum Gasteiger partial charge on any atom is -0.313 e. The van der Waals surface area contributed by atoms with E-state index in [2.05, 4.69) is 21.2 Å². The van der Waals surface area contributed by atoms with E-state index in [-0.39, 0.29) is 16.9 Å². The van der Waals surface area contributed by atoms with E-state index in [1.165, 1.54) is 38.5 Å². The minimum absolute atomic E-state index is 0.0590. The third kappa shape index (κ3) is 3.50. The Kier molecular flexibility index (Phi) is 5.67. The zero-order valence-electron chi connectivity index (χ0n) is 11.2. The number of halogens is 3. The average molecular weight is 349 g/mol. The topological polar surface area (TPSA) is 12.0 Å². The Labute approximate surface area is 128 Å². The molecule has 0 aliphatic heterocycles. The molecule has 1 aliphatic rings. The Bertz CT molecular complexity index is 430. The molecule has 1 unspecified atom stereocenters. The minimum atomic E-state index is -0.292. The molecule has 0 aromatic heterocycles. The first-order valence-corrected chi connectivity index (χ1v) is 8.13. The predicted octanol–water partition coefficient (Wildman–Crippen LogP) is 5.47. The van der Waals surface area contributed by atoms with Crippen molar-refractivity contribution in [3.05, 3.63) is 33.0 Å². The molecule has 2 rings (SSSR count). The van der Waals surface area contributed by atoms with E-state index in [0.717, 1.165) is 0 Å². The lowest BCUT2D eigenvalue weighted by molar-refractivity contribution is 0.333. The summed E-state index contributed by atoms with van der Waals surface area (Å²) in [6, 6.07) is 3.74. The second-order valence-corrected chi connectivity index (χ2v) is 6.51. The molecule has 0 spiro atoms. The fourth-order valence-corrected chi connectivity index (χ4v) is 3.55. The molecule has 0 bridgehead atoms. The monoisotopic (exact) mass is 347 g/mol. The molecule has 1 aromatic carbocycles. The Balaban J connectivity index is 2.28. The summed E-state index contributed by atoms with van der Waals surface area (Å²) in [6.45, 7) is 0. The summed E-state index contributed by atoms with van der Waals surface area (Å²) < 4.78 is 15.0. The normalized spacial score (nSPS) is 19.2. The van der Waals surface area contributed by atoms with Crippen molar-refractivity contribution in [3.63, 3.8) is 0 Å². The fourth-order valence-electron chi connectivity index (χ4n) is 3.07. The van der Waals surface area contributed by atoms with E-state index in [9.17, 15) is 4.39 Å². The second kappa shape index (κ2) is 7.05. The van der Waals surface area contributed by atoms with E-state index in [0.29, 0.717) is 16.0 Å². The Morgan fingerprint density at radius 3 is 2.47 bits per heavy atom. The number of hydrogen-bond acceptors (Lipinski definition) is 1. The van der Waals surface area contributed by atoms with E-state index < -0.39 is 0 Å². The van der Waals surface area contributed by atoms with Crippen LogP contribution in [-0.2, 0) is 0 Å². The molecule has 0 saturated heterocycles. The quantitative estimate of drug-likeness (QED) is 0.564. The molecule has 0 radical (unpaired) electrons. The molecule has 1 atom stereocenters. The van der Waals surface area contributed by atoms with Crippen molar-refractivity contribution in [3.8, 4) is 0 Å². The summed E-state index contributed by atoms with van der Waals surface area (Å²) in [5, 5.41) is 3.48. The van der Waals surface area contributed by atoms with Gasteiger partial charge in [0.15, 0.2) is 0 Å².